The largest absolute Gasteiger partial charge is 0.362 e. The second kappa shape index (κ2) is 5.31. The molecule has 2 aliphatic heterocycles. The van der Waals surface area contributed by atoms with Crippen molar-refractivity contribution in [1.82, 2.24) is 10.2 Å². The van der Waals surface area contributed by atoms with E-state index in [4.69, 9.17) is 0 Å². The average molecular weight is 283 g/mol. The van der Waals surface area contributed by atoms with E-state index in [1.807, 2.05) is 6.20 Å². The number of rotatable bonds is 2. The molecule has 1 saturated heterocycles. The third-order valence-corrected chi connectivity index (χ3v) is 3.77. The summed E-state index contributed by atoms with van der Waals surface area (Å²) in [5.74, 6) is -0.107. The molecule has 1 aromatic rings. The van der Waals surface area contributed by atoms with Gasteiger partial charge in [0.25, 0.3) is 0 Å². The number of piperazine rings is 1. The van der Waals surface area contributed by atoms with Gasteiger partial charge in [-0.3, -0.25) is 4.79 Å². The molecule has 0 amide bonds. The van der Waals surface area contributed by atoms with Gasteiger partial charge in [-0.05, 0) is 23.8 Å². The SMILES string of the molecule is Cl.O=C1C=CN2CCNCC12Cc1ccc(F)cc1. The highest BCUT2D eigenvalue weighted by Crippen LogP contribution is 2.29. The van der Waals surface area contributed by atoms with Crippen LogP contribution in [0.15, 0.2) is 36.5 Å². The van der Waals surface area contributed by atoms with Gasteiger partial charge < -0.3 is 10.2 Å². The van der Waals surface area contributed by atoms with Crippen LogP contribution in [0.5, 0.6) is 0 Å². The quantitative estimate of drug-likeness (QED) is 0.893. The number of nitrogens with zero attached hydrogens (tertiary/aromatic N) is 1. The summed E-state index contributed by atoms with van der Waals surface area (Å²) in [5.41, 5.74) is 0.484. The van der Waals surface area contributed by atoms with Crippen molar-refractivity contribution >= 4 is 18.2 Å². The fourth-order valence-electron chi connectivity index (χ4n) is 2.76. The van der Waals surface area contributed by atoms with E-state index in [1.165, 1.54) is 12.1 Å². The minimum Gasteiger partial charge on any atom is -0.362 e. The van der Waals surface area contributed by atoms with Crippen LogP contribution in [0.1, 0.15) is 5.56 Å². The van der Waals surface area contributed by atoms with E-state index in [0.29, 0.717) is 13.0 Å². The van der Waals surface area contributed by atoms with E-state index in [9.17, 15) is 9.18 Å². The zero-order valence-electron chi connectivity index (χ0n) is 10.4. The summed E-state index contributed by atoms with van der Waals surface area (Å²) in [4.78, 5) is 14.3. The Hall–Kier alpha value is -1.39. The number of fused-ring (bicyclic) bond motifs is 1. The molecule has 1 aromatic carbocycles. The molecular formula is C14H16ClFN2O. The van der Waals surface area contributed by atoms with Crippen LogP contribution in [0.2, 0.25) is 0 Å². The highest BCUT2D eigenvalue weighted by molar-refractivity contribution is 6.00. The predicted molar refractivity (Wildman–Crippen MR) is 73.8 cm³/mol. The van der Waals surface area contributed by atoms with E-state index < -0.39 is 5.54 Å². The summed E-state index contributed by atoms with van der Waals surface area (Å²) in [6, 6.07) is 6.39. The third-order valence-electron chi connectivity index (χ3n) is 3.77. The Kier molecular flexibility index (Phi) is 3.92. The Morgan fingerprint density at radius 2 is 2.05 bits per heavy atom. The van der Waals surface area contributed by atoms with Gasteiger partial charge in [0.1, 0.15) is 11.4 Å². The van der Waals surface area contributed by atoms with E-state index in [2.05, 4.69) is 10.2 Å². The van der Waals surface area contributed by atoms with Crippen LogP contribution in [0.4, 0.5) is 4.39 Å². The molecule has 1 fully saturated rings. The highest BCUT2D eigenvalue weighted by atomic mass is 35.5. The van der Waals surface area contributed by atoms with Gasteiger partial charge in [-0.2, -0.15) is 0 Å². The number of benzene rings is 1. The van der Waals surface area contributed by atoms with Crippen molar-refractivity contribution in [3.63, 3.8) is 0 Å². The number of hydrogen-bond acceptors (Lipinski definition) is 3. The molecule has 3 nitrogen and oxygen atoms in total. The monoisotopic (exact) mass is 282 g/mol. The van der Waals surface area contributed by atoms with Crippen LogP contribution >= 0.6 is 12.4 Å². The minimum atomic E-state index is -0.504. The second-order valence-corrected chi connectivity index (χ2v) is 4.88. The first kappa shape index (κ1) is 14.0. The molecule has 1 unspecified atom stereocenters. The minimum absolute atomic E-state index is 0. The predicted octanol–water partition coefficient (Wildman–Crippen LogP) is 1.53. The Balaban J connectivity index is 0.00000133. The van der Waals surface area contributed by atoms with Gasteiger partial charge in [0.2, 0.25) is 0 Å². The molecule has 0 saturated carbocycles. The summed E-state index contributed by atoms with van der Waals surface area (Å²) in [7, 11) is 0. The van der Waals surface area contributed by atoms with Gasteiger partial charge in [-0.15, -0.1) is 12.4 Å². The van der Waals surface area contributed by atoms with Crippen molar-refractivity contribution in [2.24, 2.45) is 0 Å². The molecule has 0 aliphatic carbocycles. The van der Waals surface area contributed by atoms with Crippen molar-refractivity contribution in [2.75, 3.05) is 19.6 Å². The lowest BCUT2D eigenvalue weighted by atomic mass is 9.85. The first-order valence-corrected chi connectivity index (χ1v) is 6.15. The van der Waals surface area contributed by atoms with Crippen molar-refractivity contribution < 1.29 is 9.18 Å². The molecule has 5 heteroatoms. The Morgan fingerprint density at radius 1 is 1.32 bits per heavy atom. The number of nitrogens with one attached hydrogen (secondary N) is 1. The van der Waals surface area contributed by atoms with Gasteiger partial charge in [-0.25, -0.2) is 4.39 Å². The number of hydrogen-bond donors (Lipinski definition) is 1. The summed E-state index contributed by atoms with van der Waals surface area (Å²) in [6.07, 6.45) is 4.15. The van der Waals surface area contributed by atoms with Gasteiger partial charge in [-0.1, -0.05) is 12.1 Å². The van der Waals surface area contributed by atoms with E-state index in [-0.39, 0.29) is 24.0 Å². The Morgan fingerprint density at radius 3 is 2.79 bits per heavy atom. The van der Waals surface area contributed by atoms with E-state index >= 15 is 0 Å². The molecule has 2 aliphatic rings. The smallest absolute Gasteiger partial charge is 0.184 e. The van der Waals surface area contributed by atoms with Crippen LogP contribution in [0.25, 0.3) is 0 Å². The molecule has 2 heterocycles. The molecule has 0 spiro atoms. The van der Waals surface area contributed by atoms with E-state index in [0.717, 1.165) is 18.7 Å². The van der Waals surface area contributed by atoms with Crippen LogP contribution in [0, 0.1) is 5.82 Å². The fraction of sp³-hybridized carbons (Fsp3) is 0.357. The molecule has 3 rings (SSSR count). The standard InChI is InChI=1S/C14H15FN2O.ClH/c15-12-3-1-11(2-4-12)9-14-10-16-6-8-17(14)7-5-13(14)18;/h1-5,7,16H,6,8-10H2;1H. The Bertz CT molecular complexity index is 503. The van der Waals surface area contributed by atoms with Gasteiger partial charge in [0.15, 0.2) is 5.78 Å². The molecule has 0 bridgehead atoms. The maximum Gasteiger partial charge on any atom is 0.184 e. The van der Waals surface area contributed by atoms with Crippen LogP contribution < -0.4 is 5.32 Å². The first-order chi connectivity index (χ1) is 8.71. The number of carbonyl (C=O) groups is 1. The zero-order chi connectivity index (χ0) is 12.6. The lowest BCUT2D eigenvalue weighted by Gasteiger charge is -2.42. The molecule has 1 N–H and O–H groups in total. The van der Waals surface area contributed by atoms with Crippen LogP contribution in [0.3, 0.4) is 0 Å². The van der Waals surface area contributed by atoms with Crippen molar-refractivity contribution in [2.45, 2.75) is 12.0 Å². The number of carbonyl (C=O) groups excluding carboxylic acids is 1. The fourth-order valence-corrected chi connectivity index (χ4v) is 2.76. The number of ketones is 1. The molecule has 19 heavy (non-hydrogen) atoms. The summed E-state index contributed by atoms with van der Waals surface area (Å²) in [5, 5.41) is 3.28. The van der Waals surface area contributed by atoms with E-state index in [1.54, 1.807) is 18.2 Å². The van der Waals surface area contributed by atoms with Gasteiger partial charge in [0, 0.05) is 32.3 Å². The zero-order valence-corrected chi connectivity index (χ0v) is 11.3. The van der Waals surface area contributed by atoms with Gasteiger partial charge >= 0.3 is 0 Å². The highest BCUT2D eigenvalue weighted by Gasteiger charge is 2.46. The molecule has 1 atom stereocenters. The summed E-state index contributed by atoms with van der Waals surface area (Å²) in [6.45, 7) is 2.38. The summed E-state index contributed by atoms with van der Waals surface area (Å²) < 4.78 is 12.9. The molecule has 102 valence electrons. The van der Waals surface area contributed by atoms with Crippen LogP contribution in [-0.2, 0) is 11.2 Å². The lowest BCUT2D eigenvalue weighted by molar-refractivity contribution is -0.123. The van der Waals surface area contributed by atoms with Crippen molar-refractivity contribution in [3.8, 4) is 0 Å². The molecule has 0 radical (unpaired) electrons. The normalized spacial score (nSPS) is 25.1. The number of halogens is 2. The second-order valence-electron chi connectivity index (χ2n) is 4.88. The van der Waals surface area contributed by atoms with Crippen molar-refractivity contribution in [3.05, 3.63) is 47.9 Å². The topological polar surface area (TPSA) is 32.3 Å². The first-order valence-electron chi connectivity index (χ1n) is 6.15. The lowest BCUT2D eigenvalue weighted by Crippen LogP contribution is -2.62. The maximum atomic E-state index is 12.9. The molecular weight excluding hydrogens is 267 g/mol. The third kappa shape index (κ3) is 2.38. The average Bonchev–Trinajstić information content (AvgIpc) is 2.71. The van der Waals surface area contributed by atoms with Crippen LogP contribution in [-0.4, -0.2) is 35.9 Å². The van der Waals surface area contributed by atoms with Crippen molar-refractivity contribution in [1.29, 1.82) is 0 Å². The Labute approximate surface area is 117 Å². The molecule has 0 aromatic heterocycles. The van der Waals surface area contributed by atoms with Gasteiger partial charge in [0.05, 0.1) is 0 Å². The maximum absolute atomic E-state index is 12.9. The summed E-state index contributed by atoms with van der Waals surface area (Å²) >= 11 is 0.